The highest BCUT2D eigenvalue weighted by Crippen LogP contribution is 2.34. The molecule has 14 heavy (non-hydrogen) atoms. The number of aromatic nitrogens is 1. The van der Waals surface area contributed by atoms with Crippen LogP contribution in [-0.4, -0.2) is 16.2 Å². The van der Waals surface area contributed by atoms with Crippen LogP contribution < -0.4 is 5.73 Å². The van der Waals surface area contributed by atoms with E-state index in [1.807, 2.05) is 19.3 Å². The van der Waals surface area contributed by atoms with Crippen molar-refractivity contribution in [2.75, 3.05) is 6.54 Å². The molecule has 1 aliphatic carbocycles. The highest BCUT2D eigenvalue weighted by molar-refractivity contribution is 5.27. The first kappa shape index (κ1) is 9.74. The quantitative estimate of drug-likeness (QED) is 0.737. The second kappa shape index (κ2) is 3.75. The van der Waals surface area contributed by atoms with Gasteiger partial charge in [0.25, 0.3) is 0 Å². The molecule has 2 rings (SSSR count). The lowest BCUT2D eigenvalue weighted by molar-refractivity contribution is 0.129. The number of hydrogen-bond donors (Lipinski definition) is 2. The topological polar surface area (TPSA) is 51.2 Å². The predicted octanol–water partition coefficient (Wildman–Crippen LogP) is 0.970. The monoisotopic (exact) mass is 194 g/mol. The largest absolute Gasteiger partial charge is 0.388 e. The number of aliphatic hydroxyl groups is 1. The van der Waals surface area contributed by atoms with Crippen molar-refractivity contribution in [1.82, 2.24) is 4.57 Å². The van der Waals surface area contributed by atoms with Crippen LogP contribution in [0, 0.1) is 5.92 Å². The summed E-state index contributed by atoms with van der Waals surface area (Å²) < 4.78 is 2.11. The molecular formula is C11H18N2O. The van der Waals surface area contributed by atoms with Crippen molar-refractivity contribution in [1.29, 1.82) is 0 Å². The van der Waals surface area contributed by atoms with Gasteiger partial charge in [-0.15, -0.1) is 0 Å². The van der Waals surface area contributed by atoms with Gasteiger partial charge in [0.1, 0.15) is 0 Å². The summed E-state index contributed by atoms with van der Waals surface area (Å²) in [7, 11) is 2.04. The average Bonchev–Trinajstić information content (AvgIpc) is 2.49. The molecule has 0 saturated carbocycles. The van der Waals surface area contributed by atoms with Gasteiger partial charge in [-0.25, -0.2) is 0 Å². The van der Waals surface area contributed by atoms with Gasteiger partial charge in [-0.05, 0) is 37.8 Å². The molecule has 0 fully saturated rings. The molecular weight excluding hydrogens is 176 g/mol. The molecule has 3 N–H and O–H groups in total. The summed E-state index contributed by atoms with van der Waals surface area (Å²) in [6, 6.07) is 2.03. The Balaban J connectivity index is 2.22. The van der Waals surface area contributed by atoms with E-state index in [0.29, 0.717) is 5.92 Å². The van der Waals surface area contributed by atoms with Gasteiger partial charge in [-0.3, -0.25) is 0 Å². The molecule has 2 atom stereocenters. The minimum absolute atomic E-state index is 0.281. The summed E-state index contributed by atoms with van der Waals surface area (Å²) in [5.74, 6) is 0.552. The summed E-state index contributed by atoms with van der Waals surface area (Å²) in [5, 5.41) is 9.92. The summed E-state index contributed by atoms with van der Waals surface area (Å²) in [6.07, 6.45) is 4.69. The van der Waals surface area contributed by atoms with Gasteiger partial charge in [0.2, 0.25) is 0 Å². The van der Waals surface area contributed by atoms with Crippen LogP contribution in [-0.2, 0) is 13.5 Å². The van der Waals surface area contributed by atoms with E-state index < -0.39 is 0 Å². The van der Waals surface area contributed by atoms with Crippen molar-refractivity contribution in [3.05, 3.63) is 23.5 Å². The Morgan fingerprint density at radius 2 is 2.43 bits per heavy atom. The molecule has 0 spiro atoms. The van der Waals surface area contributed by atoms with Crippen LogP contribution in [0.25, 0.3) is 0 Å². The van der Waals surface area contributed by atoms with E-state index in [0.717, 1.165) is 31.4 Å². The molecule has 3 heteroatoms. The zero-order valence-corrected chi connectivity index (χ0v) is 8.61. The van der Waals surface area contributed by atoms with Gasteiger partial charge >= 0.3 is 0 Å². The highest BCUT2D eigenvalue weighted by atomic mass is 16.3. The molecule has 0 aromatic carbocycles. The fraction of sp³-hybridized carbons (Fsp3) is 0.636. The van der Waals surface area contributed by atoms with E-state index in [2.05, 4.69) is 4.57 Å². The summed E-state index contributed by atoms with van der Waals surface area (Å²) >= 11 is 0. The number of hydrogen-bond acceptors (Lipinski definition) is 2. The normalized spacial score (nSPS) is 26.2. The maximum atomic E-state index is 9.92. The number of aryl methyl sites for hydroxylation is 1. The molecule has 1 aliphatic rings. The van der Waals surface area contributed by atoms with Crippen molar-refractivity contribution >= 4 is 0 Å². The molecule has 1 aromatic heterocycles. The lowest BCUT2D eigenvalue weighted by Crippen LogP contribution is -2.21. The van der Waals surface area contributed by atoms with Crippen molar-refractivity contribution in [3.63, 3.8) is 0 Å². The predicted molar refractivity (Wildman–Crippen MR) is 55.9 cm³/mol. The van der Waals surface area contributed by atoms with Crippen LogP contribution in [0.15, 0.2) is 12.3 Å². The minimum atomic E-state index is -0.281. The van der Waals surface area contributed by atoms with Gasteiger partial charge in [0.05, 0.1) is 6.10 Å². The Kier molecular flexibility index (Phi) is 2.61. The summed E-state index contributed by atoms with van der Waals surface area (Å²) in [5.41, 5.74) is 7.94. The maximum Gasteiger partial charge on any atom is 0.0810 e. The van der Waals surface area contributed by atoms with Gasteiger partial charge in [0.15, 0.2) is 0 Å². The van der Waals surface area contributed by atoms with Crippen LogP contribution >= 0.6 is 0 Å². The van der Waals surface area contributed by atoms with Crippen molar-refractivity contribution in [2.45, 2.75) is 25.4 Å². The molecule has 0 bridgehead atoms. The van der Waals surface area contributed by atoms with Gasteiger partial charge in [-0.1, -0.05) is 0 Å². The van der Waals surface area contributed by atoms with E-state index in [1.165, 1.54) is 5.69 Å². The Labute approximate surface area is 84.5 Å². The van der Waals surface area contributed by atoms with Gasteiger partial charge in [-0.2, -0.15) is 0 Å². The van der Waals surface area contributed by atoms with E-state index in [4.69, 9.17) is 5.73 Å². The second-order valence-electron chi connectivity index (χ2n) is 4.23. The lowest BCUT2D eigenvalue weighted by atomic mass is 9.84. The van der Waals surface area contributed by atoms with E-state index in [9.17, 15) is 5.11 Å². The Bertz CT molecular complexity index is 319. The Hall–Kier alpha value is -0.800. The molecule has 3 nitrogen and oxygen atoms in total. The standard InChI is InChI=1S/C11H18N2O/c1-13-5-3-9-10(13)6-8(2-4-12)7-11(9)14/h3,5,8,11,14H,2,4,6-7,12H2,1H3. The van der Waals surface area contributed by atoms with Crippen LogP contribution in [0.5, 0.6) is 0 Å². The Morgan fingerprint density at radius 1 is 1.64 bits per heavy atom. The third-order valence-corrected chi connectivity index (χ3v) is 3.21. The second-order valence-corrected chi connectivity index (χ2v) is 4.23. The smallest absolute Gasteiger partial charge is 0.0810 e. The minimum Gasteiger partial charge on any atom is -0.388 e. The van der Waals surface area contributed by atoms with Crippen molar-refractivity contribution in [3.8, 4) is 0 Å². The van der Waals surface area contributed by atoms with Crippen LogP contribution in [0.4, 0.5) is 0 Å². The summed E-state index contributed by atoms with van der Waals surface area (Å²) in [4.78, 5) is 0. The highest BCUT2D eigenvalue weighted by Gasteiger charge is 2.26. The number of aliphatic hydroxyl groups excluding tert-OH is 1. The van der Waals surface area contributed by atoms with Crippen molar-refractivity contribution < 1.29 is 5.11 Å². The third kappa shape index (κ3) is 1.57. The number of nitrogens with two attached hydrogens (primary N) is 1. The molecule has 2 unspecified atom stereocenters. The van der Waals surface area contributed by atoms with E-state index in [-0.39, 0.29) is 6.10 Å². The first-order valence-electron chi connectivity index (χ1n) is 5.24. The molecule has 0 saturated heterocycles. The fourth-order valence-corrected chi connectivity index (χ4v) is 2.40. The SMILES string of the molecule is Cn1ccc2c1CC(CCN)CC2O. The maximum absolute atomic E-state index is 9.92. The third-order valence-electron chi connectivity index (χ3n) is 3.21. The molecule has 0 radical (unpaired) electrons. The zero-order chi connectivity index (χ0) is 10.1. The van der Waals surface area contributed by atoms with Crippen molar-refractivity contribution in [2.24, 2.45) is 18.7 Å². The number of fused-ring (bicyclic) bond motifs is 1. The first-order valence-corrected chi connectivity index (χ1v) is 5.24. The lowest BCUT2D eigenvalue weighted by Gasteiger charge is -2.27. The van der Waals surface area contributed by atoms with Crippen LogP contribution in [0.1, 0.15) is 30.2 Å². The van der Waals surface area contributed by atoms with Gasteiger partial charge in [0, 0.05) is 24.5 Å². The molecule has 0 aliphatic heterocycles. The number of rotatable bonds is 2. The molecule has 1 aromatic rings. The fourth-order valence-electron chi connectivity index (χ4n) is 2.40. The molecule has 0 amide bonds. The summed E-state index contributed by atoms with van der Waals surface area (Å²) in [6.45, 7) is 0.719. The van der Waals surface area contributed by atoms with E-state index in [1.54, 1.807) is 0 Å². The zero-order valence-electron chi connectivity index (χ0n) is 8.61. The first-order chi connectivity index (χ1) is 6.72. The average molecular weight is 194 g/mol. The van der Waals surface area contributed by atoms with Crippen LogP contribution in [0.3, 0.4) is 0 Å². The molecule has 78 valence electrons. The van der Waals surface area contributed by atoms with Gasteiger partial charge < -0.3 is 15.4 Å². The number of nitrogens with zero attached hydrogens (tertiary/aromatic N) is 1. The van der Waals surface area contributed by atoms with E-state index >= 15 is 0 Å². The molecule has 1 heterocycles. The Morgan fingerprint density at radius 3 is 3.14 bits per heavy atom. The van der Waals surface area contributed by atoms with Crippen LogP contribution in [0.2, 0.25) is 0 Å².